The smallest absolute Gasteiger partial charge is 0.250 e. The summed E-state index contributed by atoms with van der Waals surface area (Å²) in [7, 11) is 0. The van der Waals surface area contributed by atoms with E-state index in [9.17, 15) is 8.78 Å². The monoisotopic (exact) mass is 220 g/mol. The van der Waals surface area contributed by atoms with Crippen LogP contribution in [0.15, 0.2) is 0 Å². The molecule has 1 aliphatic carbocycles. The van der Waals surface area contributed by atoms with E-state index in [1.165, 1.54) is 6.42 Å². The Morgan fingerprint density at radius 1 is 1.40 bits per heavy atom. The molecule has 4 heteroatoms. The van der Waals surface area contributed by atoms with Crippen LogP contribution in [0.5, 0.6) is 0 Å². The van der Waals surface area contributed by atoms with E-state index in [-0.39, 0.29) is 12.1 Å². The molecule has 0 radical (unpaired) electrons. The summed E-state index contributed by atoms with van der Waals surface area (Å²) in [4.78, 5) is 0. The standard InChI is InChI=1S/C11H22F2N2/c1-8-3-4-9(2)11(5-8,7-14)15-6-10(12)13/h8-10,15H,3-7,14H2,1-2H3. The molecule has 0 heterocycles. The van der Waals surface area contributed by atoms with E-state index < -0.39 is 6.43 Å². The average Bonchev–Trinajstić information content (AvgIpc) is 2.19. The van der Waals surface area contributed by atoms with Crippen molar-refractivity contribution >= 4 is 0 Å². The second-order valence-corrected chi connectivity index (χ2v) is 4.92. The first kappa shape index (κ1) is 12.8. The maximum Gasteiger partial charge on any atom is 0.250 e. The second-order valence-electron chi connectivity index (χ2n) is 4.92. The third-order valence-electron chi connectivity index (χ3n) is 3.72. The highest BCUT2D eigenvalue weighted by atomic mass is 19.3. The van der Waals surface area contributed by atoms with Gasteiger partial charge in [-0.3, -0.25) is 0 Å². The van der Waals surface area contributed by atoms with Crippen LogP contribution in [-0.4, -0.2) is 25.1 Å². The molecule has 3 atom stereocenters. The number of hydrogen-bond donors (Lipinski definition) is 2. The van der Waals surface area contributed by atoms with Gasteiger partial charge in [-0.25, -0.2) is 8.78 Å². The van der Waals surface area contributed by atoms with Crippen LogP contribution < -0.4 is 11.1 Å². The fraction of sp³-hybridized carbons (Fsp3) is 1.00. The SMILES string of the molecule is CC1CCC(C)C(CN)(NCC(F)F)C1. The predicted octanol–water partition coefficient (Wildman–Crippen LogP) is 1.99. The van der Waals surface area contributed by atoms with Crippen LogP contribution in [0.1, 0.15) is 33.1 Å². The van der Waals surface area contributed by atoms with E-state index in [4.69, 9.17) is 5.73 Å². The summed E-state index contributed by atoms with van der Waals surface area (Å²) in [5.41, 5.74) is 5.50. The summed E-state index contributed by atoms with van der Waals surface area (Å²) in [6.07, 6.45) is 0.878. The highest BCUT2D eigenvalue weighted by Crippen LogP contribution is 2.36. The van der Waals surface area contributed by atoms with Crippen molar-refractivity contribution in [3.63, 3.8) is 0 Å². The molecule has 0 bridgehead atoms. The molecule has 0 aliphatic heterocycles. The van der Waals surface area contributed by atoms with E-state index in [1.807, 2.05) is 0 Å². The zero-order valence-corrected chi connectivity index (χ0v) is 9.60. The lowest BCUT2D eigenvalue weighted by Gasteiger charge is -2.45. The van der Waals surface area contributed by atoms with Gasteiger partial charge in [0.1, 0.15) is 0 Å². The molecule has 0 spiro atoms. The minimum atomic E-state index is -2.29. The third kappa shape index (κ3) is 3.11. The Morgan fingerprint density at radius 3 is 2.60 bits per heavy atom. The molecule has 90 valence electrons. The first-order valence-electron chi connectivity index (χ1n) is 5.73. The van der Waals surface area contributed by atoms with Crippen molar-refractivity contribution < 1.29 is 8.78 Å². The number of alkyl halides is 2. The van der Waals surface area contributed by atoms with Gasteiger partial charge in [-0.05, 0) is 24.7 Å². The third-order valence-corrected chi connectivity index (χ3v) is 3.72. The molecule has 1 fully saturated rings. The fourth-order valence-corrected chi connectivity index (χ4v) is 2.62. The van der Waals surface area contributed by atoms with E-state index in [2.05, 4.69) is 19.2 Å². The number of hydrogen-bond acceptors (Lipinski definition) is 2. The Bertz CT molecular complexity index is 199. The Morgan fingerprint density at radius 2 is 2.07 bits per heavy atom. The quantitative estimate of drug-likeness (QED) is 0.760. The zero-order valence-electron chi connectivity index (χ0n) is 9.60. The Hall–Kier alpha value is -0.220. The summed E-state index contributed by atoms with van der Waals surface area (Å²) in [5.74, 6) is 0.965. The van der Waals surface area contributed by atoms with Crippen LogP contribution >= 0.6 is 0 Å². The molecule has 0 saturated heterocycles. The molecule has 1 aliphatic rings. The summed E-state index contributed by atoms with van der Waals surface area (Å²) >= 11 is 0. The molecule has 3 N–H and O–H groups in total. The van der Waals surface area contributed by atoms with E-state index in [0.717, 1.165) is 12.8 Å². The lowest BCUT2D eigenvalue weighted by Crippen LogP contribution is -2.59. The molecular weight excluding hydrogens is 198 g/mol. The van der Waals surface area contributed by atoms with Crippen molar-refractivity contribution in [3.8, 4) is 0 Å². The molecule has 1 saturated carbocycles. The van der Waals surface area contributed by atoms with Gasteiger partial charge in [-0.2, -0.15) is 0 Å². The Balaban J connectivity index is 2.62. The molecule has 0 amide bonds. The highest BCUT2D eigenvalue weighted by molar-refractivity contribution is 4.98. The molecule has 0 aromatic heterocycles. The highest BCUT2D eigenvalue weighted by Gasteiger charge is 2.39. The molecule has 0 aromatic rings. The topological polar surface area (TPSA) is 38.0 Å². The van der Waals surface area contributed by atoms with Gasteiger partial charge in [-0.15, -0.1) is 0 Å². The minimum absolute atomic E-state index is 0.242. The summed E-state index contributed by atoms with van der Waals surface area (Å²) in [5, 5.41) is 2.99. The number of halogens is 2. The largest absolute Gasteiger partial charge is 0.329 e. The maximum atomic E-state index is 12.2. The van der Waals surface area contributed by atoms with E-state index >= 15 is 0 Å². The van der Waals surface area contributed by atoms with Crippen LogP contribution in [0.3, 0.4) is 0 Å². The van der Waals surface area contributed by atoms with Gasteiger partial charge in [0.2, 0.25) is 0 Å². The van der Waals surface area contributed by atoms with Gasteiger partial charge in [0.15, 0.2) is 0 Å². The second kappa shape index (κ2) is 5.21. The van der Waals surface area contributed by atoms with Gasteiger partial charge >= 0.3 is 0 Å². The lowest BCUT2D eigenvalue weighted by atomic mass is 9.69. The average molecular weight is 220 g/mol. The van der Waals surface area contributed by atoms with Crippen molar-refractivity contribution in [3.05, 3.63) is 0 Å². The first-order chi connectivity index (χ1) is 7.00. The molecule has 1 rings (SSSR count). The molecule has 15 heavy (non-hydrogen) atoms. The van der Waals surface area contributed by atoms with Crippen LogP contribution in [-0.2, 0) is 0 Å². The lowest BCUT2D eigenvalue weighted by molar-refractivity contribution is 0.0835. The van der Waals surface area contributed by atoms with Crippen molar-refractivity contribution in [2.45, 2.75) is 45.1 Å². The van der Waals surface area contributed by atoms with Crippen molar-refractivity contribution in [1.82, 2.24) is 5.32 Å². The van der Waals surface area contributed by atoms with Gasteiger partial charge in [0, 0.05) is 12.1 Å². The van der Waals surface area contributed by atoms with E-state index in [0.29, 0.717) is 18.4 Å². The van der Waals surface area contributed by atoms with Crippen LogP contribution in [0, 0.1) is 11.8 Å². The summed E-state index contributed by atoms with van der Waals surface area (Å²) in [6, 6.07) is 0. The normalized spacial score (nSPS) is 37.2. The summed E-state index contributed by atoms with van der Waals surface area (Å²) in [6.45, 7) is 4.48. The van der Waals surface area contributed by atoms with Crippen molar-refractivity contribution in [2.75, 3.05) is 13.1 Å². The maximum absolute atomic E-state index is 12.2. The fourth-order valence-electron chi connectivity index (χ4n) is 2.62. The van der Waals surface area contributed by atoms with Crippen molar-refractivity contribution in [1.29, 1.82) is 0 Å². The Labute approximate surface area is 90.6 Å². The van der Waals surface area contributed by atoms with Crippen LogP contribution in [0.25, 0.3) is 0 Å². The van der Waals surface area contributed by atoms with Gasteiger partial charge in [0.25, 0.3) is 6.43 Å². The predicted molar refractivity (Wildman–Crippen MR) is 58.0 cm³/mol. The molecular formula is C11H22F2N2. The number of rotatable bonds is 4. The minimum Gasteiger partial charge on any atom is -0.329 e. The van der Waals surface area contributed by atoms with Crippen molar-refractivity contribution in [2.24, 2.45) is 17.6 Å². The van der Waals surface area contributed by atoms with Gasteiger partial charge in [0.05, 0.1) is 6.54 Å². The number of nitrogens with two attached hydrogens (primary N) is 1. The Kier molecular flexibility index (Phi) is 4.46. The number of nitrogens with one attached hydrogen (secondary N) is 1. The van der Waals surface area contributed by atoms with Crippen LogP contribution in [0.2, 0.25) is 0 Å². The van der Waals surface area contributed by atoms with E-state index in [1.54, 1.807) is 0 Å². The molecule has 0 aromatic carbocycles. The van der Waals surface area contributed by atoms with Gasteiger partial charge < -0.3 is 11.1 Å². The zero-order chi connectivity index (χ0) is 11.5. The van der Waals surface area contributed by atoms with Crippen LogP contribution in [0.4, 0.5) is 8.78 Å². The first-order valence-corrected chi connectivity index (χ1v) is 5.73. The van der Waals surface area contributed by atoms with Gasteiger partial charge in [-0.1, -0.05) is 20.3 Å². The molecule has 2 nitrogen and oxygen atoms in total. The summed E-state index contributed by atoms with van der Waals surface area (Å²) < 4.78 is 24.4. The molecule has 3 unspecified atom stereocenters.